The quantitative estimate of drug-likeness (QED) is 0.900. The van der Waals surface area contributed by atoms with Gasteiger partial charge in [-0.1, -0.05) is 35.6 Å². The number of benzene rings is 1. The molecule has 128 valence electrons. The van der Waals surface area contributed by atoms with Crippen molar-refractivity contribution in [3.8, 4) is 0 Å². The Kier molecular flexibility index (Phi) is 4.57. The molecule has 0 aliphatic carbocycles. The first-order valence-electron chi connectivity index (χ1n) is 7.31. The fourth-order valence-electron chi connectivity index (χ4n) is 2.61. The van der Waals surface area contributed by atoms with Gasteiger partial charge in [-0.3, -0.25) is 5.32 Å². The highest BCUT2D eigenvalue weighted by Gasteiger charge is 2.32. The number of amides is 1. The number of methoxy groups -OCH3 is 1. The zero-order valence-corrected chi connectivity index (χ0v) is 14.9. The fraction of sp³-hybridized carbons (Fsp3) is 0.333. The van der Waals surface area contributed by atoms with E-state index in [0.29, 0.717) is 25.2 Å². The van der Waals surface area contributed by atoms with Crippen molar-refractivity contribution in [2.24, 2.45) is 0 Å². The lowest BCUT2D eigenvalue weighted by Crippen LogP contribution is -2.35. The van der Waals surface area contributed by atoms with Gasteiger partial charge in [0, 0.05) is 13.1 Å². The van der Waals surface area contributed by atoms with Gasteiger partial charge in [0.15, 0.2) is 9.34 Å². The van der Waals surface area contributed by atoms with E-state index in [2.05, 4.69) is 15.0 Å². The van der Waals surface area contributed by atoms with Crippen molar-refractivity contribution in [3.63, 3.8) is 0 Å². The summed E-state index contributed by atoms with van der Waals surface area (Å²) in [6.45, 7) is 2.38. The summed E-state index contributed by atoms with van der Waals surface area (Å²) in [4.78, 5) is 15.4. The molecule has 1 amide bonds. The molecule has 1 aromatic carbocycles. The highest BCUT2D eigenvalue weighted by molar-refractivity contribution is 7.91. The van der Waals surface area contributed by atoms with E-state index in [-0.39, 0.29) is 9.34 Å². The minimum absolute atomic E-state index is 0.147. The van der Waals surface area contributed by atoms with E-state index in [1.165, 1.54) is 17.0 Å². The summed E-state index contributed by atoms with van der Waals surface area (Å²) >= 11 is 0.932. The van der Waals surface area contributed by atoms with Gasteiger partial charge >= 0.3 is 6.09 Å². The topological polar surface area (TPSA) is 88.6 Å². The summed E-state index contributed by atoms with van der Waals surface area (Å²) in [5, 5.41) is 2.61. The van der Waals surface area contributed by atoms with Gasteiger partial charge in [-0.15, -0.1) is 0 Å². The van der Waals surface area contributed by atoms with Gasteiger partial charge in [-0.2, -0.15) is 4.31 Å². The summed E-state index contributed by atoms with van der Waals surface area (Å²) in [5.74, 6) is 0. The molecule has 0 unspecified atom stereocenters. The lowest BCUT2D eigenvalue weighted by Gasteiger charge is -2.27. The van der Waals surface area contributed by atoms with Crippen molar-refractivity contribution >= 4 is 32.6 Å². The molecule has 1 aliphatic heterocycles. The van der Waals surface area contributed by atoms with Gasteiger partial charge in [-0.05, 0) is 24.5 Å². The van der Waals surface area contributed by atoms with Crippen LogP contribution in [0.4, 0.5) is 9.93 Å². The van der Waals surface area contributed by atoms with E-state index in [1.54, 1.807) is 6.92 Å². The number of carbonyl (C=O) groups is 1. The van der Waals surface area contributed by atoms with Crippen LogP contribution in [0.15, 0.2) is 28.5 Å². The van der Waals surface area contributed by atoms with Gasteiger partial charge in [-0.25, -0.2) is 18.2 Å². The van der Waals surface area contributed by atoms with Crippen LogP contribution in [0.5, 0.6) is 0 Å². The Morgan fingerprint density at radius 1 is 1.33 bits per heavy atom. The van der Waals surface area contributed by atoms with E-state index >= 15 is 0 Å². The van der Waals surface area contributed by atoms with E-state index in [0.717, 1.165) is 16.9 Å². The van der Waals surface area contributed by atoms with E-state index in [4.69, 9.17) is 0 Å². The highest BCUT2D eigenvalue weighted by Crippen LogP contribution is 2.32. The predicted octanol–water partition coefficient (Wildman–Crippen LogP) is 2.38. The maximum absolute atomic E-state index is 12.9. The molecule has 0 bridgehead atoms. The van der Waals surface area contributed by atoms with Crippen molar-refractivity contribution in [2.45, 2.75) is 24.1 Å². The Morgan fingerprint density at radius 2 is 2.04 bits per heavy atom. The molecule has 7 nitrogen and oxygen atoms in total. The standard InChI is InChI=1S/C15H17N3O4S2/c1-10-13(23-14(16-10)17-15(19)22-2)24(20,21)18-8-7-11-5-3-4-6-12(11)9-18/h3-6H,7-9H2,1-2H3,(H,16,17,19). The minimum atomic E-state index is -3.66. The molecule has 24 heavy (non-hydrogen) atoms. The largest absolute Gasteiger partial charge is 0.453 e. The maximum Gasteiger partial charge on any atom is 0.413 e. The Bertz CT molecular complexity index is 877. The zero-order chi connectivity index (χ0) is 17.3. The molecule has 2 aromatic rings. The van der Waals surface area contributed by atoms with Crippen LogP contribution in [0.3, 0.4) is 0 Å². The first-order chi connectivity index (χ1) is 11.4. The average molecular weight is 367 g/mol. The smallest absolute Gasteiger partial charge is 0.413 e. The number of sulfonamides is 1. The number of ether oxygens (including phenoxy) is 1. The second-order valence-corrected chi connectivity index (χ2v) is 8.50. The zero-order valence-electron chi connectivity index (χ0n) is 13.3. The monoisotopic (exact) mass is 367 g/mol. The van der Waals surface area contributed by atoms with Crippen molar-refractivity contribution in [2.75, 3.05) is 19.0 Å². The summed E-state index contributed by atoms with van der Waals surface area (Å²) in [5.41, 5.74) is 2.56. The molecule has 9 heteroatoms. The Hall–Kier alpha value is -1.97. The Balaban J connectivity index is 1.88. The number of carbonyl (C=O) groups excluding carboxylic acids is 1. The van der Waals surface area contributed by atoms with Gasteiger partial charge < -0.3 is 4.74 Å². The molecular weight excluding hydrogens is 350 g/mol. The van der Waals surface area contributed by atoms with Gasteiger partial charge in [0.05, 0.1) is 12.8 Å². The number of hydrogen-bond acceptors (Lipinski definition) is 6. The van der Waals surface area contributed by atoms with Crippen molar-refractivity contribution in [3.05, 3.63) is 41.1 Å². The molecule has 0 fully saturated rings. The van der Waals surface area contributed by atoms with Crippen LogP contribution < -0.4 is 5.32 Å². The fourth-order valence-corrected chi connectivity index (χ4v) is 5.56. The number of rotatable bonds is 3. The normalized spacial score (nSPS) is 14.9. The van der Waals surface area contributed by atoms with Gasteiger partial charge in [0.1, 0.15) is 0 Å². The number of thiazole rings is 1. The maximum atomic E-state index is 12.9. The SMILES string of the molecule is COC(=O)Nc1nc(C)c(S(=O)(=O)N2CCc3ccccc3C2)s1. The average Bonchev–Trinajstić information content (AvgIpc) is 2.95. The van der Waals surface area contributed by atoms with Crippen LogP contribution in [0, 0.1) is 6.92 Å². The van der Waals surface area contributed by atoms with E-state index in [9.17, 15) is 13.2 Å². The number of aromatic nitrogens is 1. The van der Waals surface area contributed by atoms with Gasteiger partial charge in [0.25, 0.3) is 10.0 Å². The second-order valence-electron chi connectivity index (χ2n) is 5.37. The number of nitrogens with one attached hydrogen (secondary N) is 1. The first kappa shape index (κ1) is 16.9. The third-order valence-electron chi connectivity index (χ3n) is 3.82. The molecule has 1 aliphatic rings. The second kappa shape index (κ2) is 6.50. The molecule has 0 saturated heterocycles. The summed E-state index contributed by atoms with van der Waals surface area (Å²) in [6.07, 6.45) is 0.000146. The molecule has 1 aromatic heterocycles. The van der Waals surface area contributed by atoms with Crippen molar-refractivity contribution in [1.82, 2.24) is 9.29 Å². The molecule has 0 saturated carbocycles. The Morgan fingerprint density at radius 3 is 2.75 bits per heavy atom. The first-order valence-corrected chi connectivity index (χ1v) is 9.57. The van der Waals surface area contributed by atoms with Crippen LogP contribution in [-0.2, 0) is 27.7 Å². The number of nitrogens with zero attached hydrogens (tertiary/aromatic N) is 2. The molecule has 0 spiro atoms. The van der Waals surface area contributed by atoms with Crippen molar-refractivity contribution in [1.29, 1.82) is 0 Å². The number of aryl methyl sites for hydroxylation is 1. The summed E-state index contributed by atoms with van der Waals surface area (Å²) in [7, 11) is -2.43. The molecule has 0 atom stereocenters. The van der Waals surface area contributed by atoms with Crippen LogP contribution in [0.1, 0.15) is 16.8 Å². The lowest BCUT2D eigenvalue weighted by molar-refractivity contribution is 0.187. The number of hydrogen-bond donors (Lipinski definition) is 1. The lowest BCUT2D eigenvalue weighted by atomic mass is 10.0. The minimum Gasteiger partial charge on any atom is -0.453 e. The van der Waals surface area contributed by atoms with Gasteiger partial charge in [0.2, 0.25) is 0 Å². The van der Waals surface area contributed by atoms with Crippen LogP contribution in [0.25, 0.3) is 0 Å². The Labute approximate surface area is 144 Å². The molecule has 0 radical (unpaired) electrons. The number of fused-ring (bicyclic) bond motifs is 1. The molecule has 3 rings (SSSR count). The summed E-state index contributed by atoms with van der Waals surface area (Å²) in [6, 6.07) is 7.84. The van der Waals surface area contributed by atoms with E-state index < -0.39 is 16.1 Å². The van der Waals surface area contributed by atoms with E-state index in [1.807, 2.05) is 24.3 Å². The third-order valence-corrected chi connectivity index (χ3v) is 7.32. The highest BCUT2D eigenvalue weighted by atomic mass is 32.2. The van der Waals surface area contributed by atoms with Crippen LogP contribution >= 0.6 is 11.3 Å². The van der Waals surface area contributed by atoms with Crippen LogP contribution in [0.2, 0.25) is 0 Å². The third kappa shape index (κ3) is 3.14. The molecule has 2 heterocycles. The summed E-state index contributed by atoms with van der Waals surface area (Å²) < 4.78 is 32.0. The molecular formula is C15H17N3O4S2. The van der Waals surface area contributed by atoms with Crippen LogP contribution in [-0.4, -0.2) is 37.5 Å². The molecule has 1 N–H and O–H groups in total. The number of anilines is 1. The van der Waals surface area contributed by atoms with Crippen molar-refractivity contribution < 1.29 is 17.9 Å². The predicted molar refractivity (Wildman–Crippen MR) is 90.6 cm³/mol.